The summed E-state index contributed by atoms with van der Waals surface area (Å²) in [5, 5.41) is 0.485. The molecule has 2 N–H and O–H groups in total. The van der Waals surface area contributed by atoms with Gasteiger partial charge >= 0.3 is 0 Å². The van der Waals surface area contributed by atoms with Gasteiger partial charge in [0.1, 0.15) is 5.75 Å². The molecule has 2 aromatic rings. The number of nitrogens with two attached hydrogens (primary N) is 1. The molecule has 19 heavy (non-hydrogen) atoms. The largest absolute Gasteiger partial charge is 0.496 e. The normalized spacial score (nSPS) is 10.3. The molecule has 2 rings (SSSR count). The van der Waals surface area contributed by atoms with Gasteiger partial charge in [-0.2, -0.15) is 0 Å². The van der Waals surface area contributed by atoms with Crippen LogP contribution in [0.25, 0.3) is 0 Å². The van der Waals surface area contributed by atoms with Gasteiger partial charge in [0.25, 0.3) is 0 Å². The van der Waals surface area contributed by atoms with E-state index >= 15 is 0 Å². The molecule has 0 radical (unpaired) electrons. The van der Waals surface area contributed by atoms with Crippen LogP contribution in [-0.2, 0) is 0 Å². The van der Waals surface area contributed by atoms with Crippen molar-refractivity contribution in [2.75, 3.05) is 12.8 Å². The summed E-state index contributed by atoms with van der Waals surface area (Å²) in [6.07, 6.45) is 0. The number of halogens is 2. The summed E-state index contributed by atoms with van der Waals surface area (Å²) < 4.78 is 5.86. The molecule has 0 saturated carbocycles. The first-order chi connectivity index (χ1) is 9.02. The average molecular weight is 341 g/mol. The van der Waals surface area contributed by atoms with Crippen LogP contribution in [0.5, 0.6) is 5.75 Å². The van der Waals surface area contributed by atoms with Crippen LogP contribution in [0.3, 0.4) is 0 Å². The summed E-state index contributed by atoms with van der Waals surface area (Å²) in [4.78, 5) is 12.4. The molecule has 0 aliphatic heterocycles. The van der Waals surface area contributed by atoms with Crippen molar-refractivity contribution in [1.82, 2.24) is 0 Å². The fourth-order valence-electron chi connectivity index (χ4n) is 1.68. The Morgan fingerprint density at radius 1 is 1.26 bits per heavy atom. The van der Waals surface area contributed by atoms with Gasteiger partial charge in [-0.15, -0.1) is 0 Å². The van der Waals surface area contributed by atoms with Gasteiger partial charge in [-0.25, -0.2) is 0 Å². The topological polar surface area (TPSA) is 52.3 Å². The smallest absolute Gasteiger partial charge is 0.196 e. The molecule has 0 fully saturated rings. The molecule has 0 spiro atoms. The fraction of sp³-hybridized carbons (Fsp3) is 0.0714. The molecular formula is C14H11BrClNO2. The lowest BCUT2D eigenvalue weighted by Gasteiger charge is -2.09. The Hall–Kier alpha value is -1.52. The third-order valence-corrected chi connectivity index (χ3v) is 3.59. The average Bonchev–Trinajstić information content (AvgIpc) is 2.41. The van der Waals surface area contributed by atoms with E-state index in [1.807, 2.05) is 0 Å². The van der Waals surface area contributed by atoms with Crippen molar-refractivity contribution in [3.8, 4) is 5.75 Å². The number of anilines is 1. The van der Waals surface area contributed by atoms with Gasteiger partial charge in [-0.05, 0) is 52.3 Å². The molecule has 0 bridgehead atoms. The van der Waals surface area contributed by atoms with Crippen LogP contribution < -0.4 is 10.5 Å². The molecule has 0 aliphatic rings. The van der Waals surface area contributed by atoms with E-state index < -0.39 is 0 Å². The van der Waals surface area contributed by atoms with E-state index in [2.05, 4.69) is 15.9 Å². The van der Waals surface area contributed by atoms with Crippen LogP contribution >= 0.6 is 27.5 Å². The first-order valence-electron chi connectivity index (χ1n) is 5.46. The Kier molecular flexibility index (Phi) is 4.12. The van der Waals surface area contributed by atoms with Gasteiger partial charge < -0.3 is 10.5 Å². The maximum atomic E-state index is 12.4. The van der Waals surface area contributed by atoms with E-state index in [4.69, 9.17) is 22.1 Å². The van der Waals surface area contributed by atoms with Crippen LogP contribution in [0.2, 0.25) is 5.02 Å². The third-order valence-electron chi connectivity index (χ3n) is 2.67. The quantitative estimate of drug-likeness (QED) is 0.680. The van der Waals surface area contributed by atoms with Gasteiger partial charge in [-0.3, -0.25) is 4.79 Å². The predicted octanol–water partition coefficient (Wildman–Crippen LogP) is 3.92. The highest BCUT2D eigenvalue weighted by atomic mass is 79.9. The van der Waals surface area contributed by atoms with E-state index in [1.54, 1.807) is 36.4 Å². The van der Waals surface area contributed by atoms with E-state index in [-0.39, 0.29) is 5.78 Å². The van der Waals surface area contributed by atoms with E-state index in [0.717, 1.165) is 0 Å². The minimum atomic E-state index is -0.167. The van der Waals surface area contributed by atoms with Crippen LogP contribution in [0.15, 0.2) is 40.9 Å². The molecule has 98 valence electrons. The molecule has 2 aromatic carbocycles. The van der Waals surface area contributed by atoms with Gasteiger partial charge in [0.05, 0.1) is 12.7 Å². The summed E-state index contributed by atoms with van der Waals surface area (Å²) in [6.45, 7) is 0. The minimum absolute atomic E-state index is 0.167. The van der Waals surface area contributed by atoms with Crippen molar-refractivity contribution in [2.45, 2.75) is 0 Å². The zero-order valence-corrected chi connectivity index (χ0v) is 12.5. The summed E-state index contributed by atoms with van der Waals surface area (Å²) in [5.41, 5.74) is 7.22. The summed E-state index contributed by atoms with van der Waals surface area (Å²) in [7, 11) is 1.51. The first-order valence-corrected chi connectivity index (χ1v) is 6.63. The molecule has 0 aliphatic carbocycles. The monoisotopic (exact) mass is 339 g/mol. The number of rotatable bonds is 3. The van der Waals surface area contributed by atoms with Crippen LogP contribution in [-0.4, -0.2) is 12.9 Å². The number of benzene rings is 2. The van der Waals surface area contributed by atoms with Crippen LogP contribution in [0.1, 0.15) is 15.9 Å². The Morgan fingerprint density at radius 2 is 2.00 bits per heavy atom. The Bertz CT molecular complexity index is 643. The SMILES string of the molecule is COc1ccc(Cl)cc1C(=O)c1ccc(N)c(Br)c1. The molecule has 0 amide bonds. The maximum absolute atomic E-state index is 12.4. The lowest BCUT2D eigenvalue weighted by Crippen LogP contribution is -2.04. The molecular weight excluding hydrogens is 330 g/mol. The number of ketones is 1. The van der Waals surface area contributed by atoms with Gasteiger partial charge in [0.15, 0.2) is 5.78 Å². The van der Waals surface area contributed by atoms with E-state index in [1.165, 1.54) is 7.11 Å². The highest BCUT2D eigenvalue weighted by Crippen LogP contribution is 2.27. The zero-order valence-electron chi connectivity index (χ0n) is 10.1. The Morgan fingerprint density at radius 3 is 2.63 bits per heavy atom. The van der Waals surface area contributed by atoms with Crippen molar-refractivity contribution in [3.05, 3.63) is 57.0 Å². The predicted molar refractivity (Wildman–Crippen MR) is 80.0 cm³/mol. The molecule has 0 saturated heterocycles. The Balaban J connectivity index is 2.49. The van der Waals surface area contributed by atoms with Crippen molar-refractivity contribution in [2.24, 2.45) is 0 Å². The summed E-state index contributed by atoms with van der Waals surface area (Å²) in [6, 6.07) is 9.96. The zero-order chi connectivity index (χ0) is 14.0. The molecule has 0 unspecified atom stereocenters. The van der Waals surface area contributed by atoms with Crippen molar-refractivity contribution < 1.29 is 9.53 Å². The van der Waals surface area contributed by atoms with Crippen molar-refractivity contribution in [3.63, 3.8) is 0 Å². The number of hydrogen-bond donors (Lipinski definition) is 1. The highest BCUT2D eigenvalue weighted by molar-refractivity contribution is 9.10. The second-order valence-corrected chi connectivity index (χ2v) is 5.20. The lowest BCUT2D eigenvalue weighted by atomic mass is 10.0. The lowest BCUT2D eigenvalue weighted by molar-refractivity contribution is 0.103. The van der Waals surface area contributed by atoms with Gasteiger partial charge in [0.2, 0.25) is 0 Å². The number of hydrogen-bond acceptors (Lipinski definition) is 3. The first kappa shape index (κ1) is 13.9. The van der Waals surface area contributed by atoms with E-state index in [9.17, 15) is 4.79 Å². The number of ether oxygens (including phenoxy) is 1. The second kappa shape index (κ2) is 5.63. The maximum Gasteiger partial charge on any atom is 0.196 e. The number of methoxy groups -OCH3 is 1. The number of carbonyl (C=O) groups excluding carboxylic acids is 1. The molecule has 5 heteroatoms. The minimum Gasteiger partial charge on any atom is -0.496 e. The second-order valence-electron chi connectivity index (χ2n) is 3.91. The third kappa shape index (κ3) is 2.91. The number of nitrogen functional groups attached to an aromatic ring is 1. The van der Waals surface area contributed by atoms with Crippen molar-refractivity contribution >= 4 is 39.0 Å². The van der Waals surface area contributed by atoms with Gasteiger partial charge in [0, 0.05) is 20.7 Å². The van der Waals surface area contributed by atoms with Crippen LogP contribution in [0, 0.1) is 0 Å². The summed E-state index contributed by atoms with van der Waals surface area (Å²) >= 11 is 9.23. The summed E-state index contributed by atoms with van der Waals surface area (Å²) in [5.74, 6) is 0.322. The van der Waals surface area contributed by atoms with E-state index in [0.29, 0.717) is 32.1 Å². The highest BCUT2D eigenvalue weighted by Gasteiger charge is 2.15. The number of carbonyl (C=O) groups is 1. The standard InChI is InChI=1S/C14H11BrClNO2/c1-19-13-5-3-9(16)7-10(13)14(18)8-2-4-12(17)11(15)6-8/h2-7H,17H2,1H3. The molecule has 3 nitrogen and oxygen atoms in total. The fourth-order valence-corrected chi connectivity index (χ4v) is 2.23. The van der Waals surface area contributed by atoms with Crippen molar-refractivity contribution in [1.29, 1.82) is 0 Å². The Labute approximate surface area is 124 Å². The molecule has 0 heterocycles. The molecule has 0 aromatic heterocycles. The van der Waals surface area contributed by atoms with Gasteiger partial charge in [-0.1, -0.05) is 11.6 Å². The molecule has 0 atom stereocenters. The van der Waals surface area contributed by atoms with Crippen LogP contribution in [0.4, 0.5) is 5.69 Å².